The molecular formula is C22H25ClN4O2. The molecule has 3 aromatic rings. The maximum Gasteiger partial charge on any atom is 0.275 e. The summed E-state index contributed by atoms with van der Waals surface area (Å²) in [4.78, 5) is 19.3. The van der Waals surface area contributed by atoms with Crippen LogP contribution in [0.2, 0.25) is 5.02 Å². The summed E-state index contributed by atoms with van der Waals surface area (Å²) in [7, 11) is 0. The Morgan fingerprint density at radius 2 is 2.28 bits per heavy atom. The smallest absolute Gasteiger partial charge is 0.275 e. The van der Waals surface area contributed by atoms with E-state index in [2.05, 4.69) is 22.1 Å². The number of amides is 1. The molecule has 1 aromatic carbocycles. The lowest BCUT2D eigenvalue weighted by Gasteiger charge is -2.21. The maximum atomic E-state index is 13.0. The summed E-state index contributed by atoms with van der Waals surface area (Å²) in [5.74, 6) is 1.29. The Morgan fingerprint density at radius 1 is 1.38 bits per heavy atom. The van der Waals surface area contributed by atoms with Gasteiger partial charge in [0.05, 0.1) is 6.20 Å². The number of nitrogens with one attached hydrogen (secondary N) is 1. The van der Waals surface area contributed by atoms with E-state index in [9.17, 15) is 4.79 Å². The van der Waals surface area contributed by atoms with Gasteiger partial charge in [0.2, 0.25) is 5.89 Å². The van der Waals surface area contributed by atoms with Crippen LogP contribution in [0.15, 0.2) is 40.9 Å². The van der Waals surface area contributed by atoms with Crippen LogP contribution in [-0.4, -0.2) is 32.5 Å². The summed E-state index contributed by atoms with van der Waals surface area (Å²) in [5, 5.41) is 7.92. The molecule has 0 saturated carbocycles. The van der Waals surface area contributed by atoms with Gasteiger partial charge in [0.1, 0.15) is 17.5 Å². The van der Waals surface area contributed by atoms with Gasteiger partial charge in [0, 0.05) is 23.7 Å². The van der Waals surface area contributed by atoms with Crippen molar-refractivity contribution in [2.75, 3.05) is 6.54 Å². The number of hydrogen-bond donors (Lipinski definition) is 1. The molecule has 152 valence electrons. The van der Waals surface area contributed by atoms with Crippen molar-refractivity contribution in [3.05, 3.63) is 70.2 Å². The summed E-state index contributed by atoms with van der Waals surface area (Å²) in [6.45, 7) is 2.83. The number of H-pyrrole nitrogens is 1. The van der Waals surface area contributed by atoms with Gasteiger partial charge in [0.15, 0.2) is 0 Å². The van der Waals surface area contributed by atoms with Gasteiger partial charge in [-0.3, -0.25) is 9.89 Å². The number of unbranched alkanes of at least 4 members (excludes halogenated alkanes) is 1. The number of carbonyl (C=O) groups excluding carboxylic acids is 1. The first-order chi connectivity index (χ1) is 14.1. The zero-order chi connectivity index (χ0) is 20.2. The molecule has 2 aromatic heterocycles. The second-order valence-corrected chi connectivity index (χ2v) is 7.95. The Bertz CT molecular complexity index is 981. The minimum Gasteiger partial charge on any atom is -0.443 e. The predicted molar refractivity (Wildman–Crippen MR) is 111 cm³/mol. The van der Waals surface area contributed by atoms with Crippen molar-refractivity contribution in [2.24, 2.45) is 0 Å². The largest absolute Gasteiger partial charge is 0.443 e. The lowest BCUT2D eigenvalue weighted by atomic mass is 10.1. The van der Waals surface area contributed by atoms with Gasteiger partial charge in [-0.05, 0) is 49.4 Å². The summed E-state index contributed by atoms with van der Waals surface area (Å²) < 4.78 is 6.01. The monoisotopic (exact) mass is 412 g/mol. The van der Waals surface area contributed by atoms with Gasteiger partial charge in [-0.1, -0.05) is 37.1 Å². The third kappa shape index (κ3) is 4.53. The highest BCUT2D eigenvalue weighted by Crippen LogP contribution is 2.33. The first-order valence-electron chi connectivity index (χ1n) is 10.2. The van der Waals surface area contributed by atoms with E-state index >= 15 is 0 Å². The number of likely N-dealkylation sites (tertiary alicyclic amines) is 1. The van der Waals surface area contributed by atoms with Crippen molar-refractivity contribution in [3.8, 4) is 0 Å². The number of hydrogen-bond acceptors (Lipinski definition) is 4. The van der Waals surface area contributed by atoms with E-state index in [0.29, 0.717) is 29.6 Å². The third-order valence-corrected chi connectivity index (χ3v) is 5.52. The fourth-order valence-corrected chi connectivity index (χ4v) is 4.00. The van der Waals surface area contributed by atoms with Crippen LogP contribution in [0.1, 0.15) is 72.0 Å². The SMILES string of the molecule is CCCCc1cc(C(=O)N2CCCC2c2ncc(Cc3cccc(Cl)c3)o2)n[nH]1. The van der Waals surface area contributed by atoms with Crippen molar-refractivity contribution in [1.29, 1.82) is 0 Å². The average molecular weight is 413 g/mol. The van der Waals surface area contributed by atoms with Gasteiger partial charge in [-0.2, -0.15) is 5.10 Å². The van der Waals surface area contributed by atoms with Crippen LogP contribution in [0.25, 0.3) is 0 Å². The van der Waals surface area contributed by atoms with E-state index in [1.165, 1.54) is 0 Å². The molecule has 4 rings (SSSR count). The molecule has 0 bridgehead atoms. The molecule has 1 saturated heterocycles. The molecule has 1 aliphatic heterocycles. The quantitative estimate of drug-likeness (QED) is 0.595. The van der Waals surface area contributed by atoms with Crippen LogP contribution < -0.4 is 0 Å². The van der Waals surface area contributed by atoms with Crippen LogP contribution in [0.3, 0.4) is 0 Å². The number of aryl methyl sites for hydroxylation is 1. The molecule has 1 amide bonds. The highest BCUT2D eigenvalue weighted by Gasteiger charge is 2.34. The van der Waals surface area contributed by atoms with Gasteiger partial charge >= 0.3 is 0 Å². The van der Waals surface area contributed by atoms with Crippen molar-refractivity contribution in [3.63, 3.8) is 0 Å². The summed E-state index contributed by atoms with van der Waals surface area (Å²) in [6, 6.07) is 9.42. The zero-order valence-electron chi connectivity index (χ0n) is 16.5. The molecule has 1 atom stereocenters. The number of nitrogens with zero attached hydrogens (tertiary/aromatic N) is 3. The predicted octanol–water partition coefficient (Wildman–Crippen LogP) is 4.96. The van der Waals surface area contributed by atoms with Crippen molar-refractivity contribution >= 4 is 17.5 Å². The topological polar surface area (TPSA) is 75.0 Å². The molecule has 0 radical (unpaired) electrons. The molecule has 6 nitrogen and oxygen atoms in total. The van der Waals surface area contributed by atoms with Crippen molar-refractivity contribution in [1.82, 2.24) is 20.1 Å². The minimum absolute atomic E-state index is 0.0684. The summed E-state index contributed by atoms with van der Waals surface area (Å²) >= 11 is 6.06. The van der Waals surface area contributed by atoms with Crippen molar-refractivity contribution < 1.29 is 9.21 Å². The number of aromatic nitrogens is 3. The van der Waals surface area contributed by atoms with E-state index in [1.54, 1.807) is 6.20 Å². The fraction of sp³-hybridized carbons (Fsp3) is 0.409. The van der Waals surface area contributed by atoms with Gasteiger partial charge < -0.3 is 9.32 Å². The van der Waals surface area contributed by atoms with Gasteiger partial charge in [0.25, 0.3) is 5.91 Å². The van der Waals surface area contributed by atoms with Crippen LogP contribution in [0, 0.1) is 0 Å². The Balaban J connectivity index is 1.46. The van der Waals surface area contributed by atoms with E-state index in [-0.39, 0.29) is 11.9 Å². The van der Waals surface area contributed by atoms with E-state index in [1.807, 2.05) is 35.2 Å². The molecule has 1 unspecified atom stereocenters. The molecule has 0 spiro atoms. The van der Waals surface area contributed by atoms with Gasteiger partial charge in [-0.25, -0.2) is 4.98 Å². The lowest BCUT2D eigenvalue weighted by molar-refractivity contribution is 0.0708. The van der Waals surface area contributed by atoms with E-state index in [4.69, 9.17) is 16.0 Å². The maximum absolute atomic E-state index is 13.0. The fourth-order valence-electron chi connectivity index (χ4n) is 3.79. The number of benzene rings is 1. The summed E-state index contributed by atoms with van der Waals surface area (Å²) in [5.41, 5.74) is 2.54. The second kappa shape index (κ2) is 8.82. The molecular weight excluding hydrogens is 388 g/mol. The van der Waals surface area contributed by atoms with E-state index < -0.39 is 0 Å². The Labute approximate surface area is 175 Å². The van der Waals surface area contributed by atoms with Crippen LogP contribution >= 0.6 is 11.6 Å². The standard InChI is InChI=1S/C22H25ClN4O2/c1-2-3-8-17-13-19(26-25-17)22(28)27-10-5-9-20(27)21-24-14-18(29-21)12-15-6-4-7-16(23)11-15/h4,6-7,11,13-14,20H,2-3,5,8-10,12H2,1H3,(H,25,26). The lowest BCUT2D eigenvalue weighted by Crippen LogP contribution is -2.31. The van der Waals surface area contributed by atoms with Crippen molar-refractivity contribution in [2.45, 2.75) is 51.5 Å². The Hall–Kier alpha value is -2.60. The average Bonchev–Trinajstić information content (AvgIpc) is 3.46. The zero-order valence-corrected chi connectivity index (χ0v) is 17.3. The third-order valence-electron chi connectivity index (χ3n) is 5.29. The Kier molecular flexibility index (Phi) is 6.00. The molecule has 7 heteroatoms. The minimum atomic E-state index is -0.147. The molecule has 1 N–H and O–H groups in total. The highest BCUT2D eigenvalue weighted by atomic mass is 35.5. The number of halogens is 1. The van der Waals surface area contributed by atoms with E-state index in [0.717, 1.165) is 49.1 Å². The number of aromatic amines is 1. The van der Waals surface area contributed by atoms with Crippen LogP contribution in [0.5, 0.6) is 0 Å². The highest BCUT2D eigenvalue weighted by molar-refractivity contribution is 6.30. The summed E-state index contributed by atoms with van der Waals surface area (Å²) in [6.07, 6.45) is 7.23. The van der Waals surface area contributed by atoms with Crippen LogP contribution in [0.4, 0.5) is 0 Å². The number of carbonyl (C=O) groups is 1. The molecule has 0 aliphatic carbocycles. The Morgan fingerprint density at radius 3 is 3.10 bits per heavy atom. The van der Waals surface area contributed by atoms with Crippen LogP contribution in [-0.2, 0) is 12.8 Å². The first-order valence-corrected chi connectivity index (χ1v) is 10.6. The normalized spacial score (nSPS) is 16.5. The molecule has 3 heterocycles. The number of oxazole rings is 1. The first kappa shape index (κ1) is 19.7. The molecule has 1 aliphatic rings. The second-order valence-electron chi connectivity index (χ2n) is 7.51. The number of rotatable bonds is 7. The molecule has 29 heavy (non-hydrogen) atoms. The van der Waals surface area contributed by atoms with Gasteiger partial charge in [-0.15, -0.1) is 0 Å². The molecule has 1 fully saturated rings.